The van der Waals surface area contributed by atoms with E-state index in [2.05, 4.69) is 33.4 Å². The third-order valence-electron chi connectivity index (χ3n) is 3.13. The van der Waals surface area contributed by atoms with Gasteiger partial charge < -0.3 is 5.32 Å². The summed E-state index contributed by atoms with van der Waals surface area (Å²) in [5, 5.41) is 5.06. The average molecular weight is 367 g/mol. The zero-order chi connectivity index (χ0) is 15.2. The van der Waals surface area contributed by atoms with Gasteiger partial charge in [0.15, 0.2) is 0 Å². The van der Waals surface area contributed by atoms with Crippen molar-refractivity contribution < 1.29 is 4.79 Å². The molecule has 2 rings (SSSR count). The number of nitrogens with one attached hydrogen (secondary N) is 1. The highest BCUT2D eigenvalue weighted by molar-refractivity contribution is 9.10. The fraction of sp³-hybridized carbons (Fsp3) is 0.312. The Bertz CT molecular complexity index is 568. The lowest BCUT2D eigenvalue weighted by molar-refractivity contribution is -0.122. The number of carbonyl (C=O) groups excluding carboxylic acids is 1. The summed E-state index contributed by atoms with van der Waals surface area (Å²) >= 11 is 5.08. The van der Waals surface area contributed by atoms with Crippen molar-refractivity contribution in [3.63, 3.8) is 0 Å². The Kier molecular flexibility index (Phi) is 5.96. The largest absolute Gasteiger partial charge is 0.348 e. The van der Waals surface area contributed by atoms with E-state index in [0.717, 1.165) is 11.0 Å². The van der Waals surface area contributed by atoms with Gasteiger partial charge in [0.25, 0.3) is 0 Å². The SMILES string of the molecule is C[C@H](NC(=O)CN(C)Cc1ccc(Br)cc1)c1cccs1. The maximum Gasteiger partial charge on any atom is 0.234 e. The molecule has 0 bridgehead atoms. The predicted molar refractivity (Wildman–Crippen MR) is 91.4 cm³/mol. The fourth-order valence-corrected chi connectivity index (χ4v) is 3.10. The summed E-state index contributed by atoms with van der Waals surface area (Å²) in [6.07, 6.45) is 0. The van der Waals surface area contributed by atoms with Crippen LogP contribution in [0.15, 0.2) is 46.3 Å². The van der Waals surface area contributed by atoms with E-state index in [1.54, 1.807) is 11.3 Å². The number of amides is 1. The van der Waals surface area contributed by atoms with Gasteiger partial charge in [0.2, 0.25) is 5.91 Å². The molecule has 112 valence electrons. The van der Waals surface area contributed by atoms with E-state index < -0.39 is 0 Å². The second-order valence-electron chi connectivity index (χ2n) is 5.10. The minimum absolute atomic E-state index is 0.0514. The number of nitrogens with zero attached hydrogens (tertiary/aromatic N) is 1. The Morgan fingerprint density at radius 3 is 2.67 bits per heavy atom. The minimum atomic E-state index is 0.0514. The lowest BCUT2D eigenvalue weighted by Crippen LogP contribution is -2.36. The summed E-state index contributed by atoms with van der Waals surface area (Å²) in [6, 6.07) is 12.3. The van der Waals surface area contributed by atoms with E-state index in [0.29, 0.717) is 6.54 Å². The zero-order valence-electron chi connectivity index (χ0n) is 12.2. The highest BCUT2D eigenvalue weighted by Crippen LogP contribution is 2.18. The normalized spacial score (nSPS) is 12.4. The van der Waals surface area contributed by atoms with E-state index in [9.17, 15) is 4.79 Å². The van der Waals surface area contributed by atoms with Crippen molar-refractivity contribution in [3.8, 4) is 0 Å². The van der Waals surface area contributed by atoms with Gasteiger partial charge in [-0.3, -0.25) is 9.69 Å². The number of halogens is 1. The quantitative estimate of drug-likeness (QED) is 0.842. The van der Waals surface area contributed by atoms with Crippen LogP contribution in [0.4, 0.5) is 0 Å². The standard InChI is InChI=1S/C16H19BrN2OS/c1-12(15-4-3-9-21-15)18-16(20)11-19(2)10-13-5-7-14(17)8-6-13/h3-9,12H,10-11H2,1-2H3,(H,18,20)/t12-/m0/s1. The van der Waals surface area contributed by atoms with Crippen molar-refractivity contribution in [3.05, 3.63) is 56.7 Å². The highest BCUT2D eigenvalue weighted by atomic mass is 79.9. The molecule has 1 N–H and O–H groups in total. The third kappa shape index (κ3) is 5.26. The van der Waals surface area contributed by atoms with Crippen LogP contribution in [-0.2, 0) is 11.3 Å². The molecule has 0 fully saturated rings. The number of likely N-dealkylation sites (N-methyl/N-ethyl adjacent to an activating group) is 1. The van der Waals surface area contributed by atoms with Gasteiger partial charge in [-0.2, -0.15) is 0 Å². The second kappa shape index (κ2) is 7.73. The Hall–Kier alpha value is -1.17. The molecule has 3 nitrogen and oxygen atoms in total. The molecule has 1 aromatic carbocycles. The van der Waals surface area contributed by atoms with Gasteiger partial charge in [-0.05, 0) is 43.1 Å². The van der Waals surface area contributed by atoms with Crippen LogP contribution in [-0.4, -0.2) is 24.4 Å². The molecular weight excluding hydrogens is 348 g/mol. The van der Waals surface area contributed by atoms with Crippen LogP contribution >= 0.6 is 27.3 Å². The molecule has 0 aliphatic rings. The number of hydrogen-bond donors (Lipinski definition) is 1. The Labute approximate surface area is 138 Å². The molecule has 21 heavy (non-hydrogen) atoms. The summed E-state index contributed by atoms with van der Waals surface area (Å²) in [4.78, 5) is 15.2. The van der Waals surface area contributed by atoms with Crippen LogP contribution < -0.4 is 5.32 Å². The molecule has 5 heteroatoms. The van der Waals surface area contributed by atoms with Gasteiger partial charge in [0.1, 0.15) is 0 Å². The molecule has 0 spiro atoms. The van der Waals surface area contributed by atoms with E-state index in [1.165, 1.54) is 10.4 Å². The number of hydrogen-bond acceptors (Lipinski definition) is 3. The Balaban J connectivity index is 1.80. The summed E-state index contributed by atoms with van der Waals surface area (Å²) in [7, 11) is 1.96. The Morgan fingerprint density at radius 2 is 2.05 bits per heavy atom. The molecular formula is C16H19BrN2OS. The average Bonchev–Trinajstić information content (AvgIpc) is 2.95. The number of carbonyl (C=O) groups is 1. The van der Waals surface area contributed by atoms with Crippen molar-refractivity contribution in [2.24, 2.45) is 0 Å². The lowest BCUT2D eigenvalue weighted by atomic mass is 10.2. The van der Waals surface area contributed by atoms with Gasteiger partial charge in [0.05, 0.1) is 12.6 Å². The first-order valence-corrected chi connectivity index (χ1v) is 8.47. The number of thiophene rings is 1. The third-order valence-corrected chi connectivity index (χ3v) is 4.71. The van der Waals surface area contributed by atoms with E-state index in [-0.39, 0.29) is 11.9 Å². The van der Waals surface area contributed by atoms with Crippen molar-refractivity contribution >= 4 is 33.2 Å². The van der Waals surface area contributed by atoms with Gasteiger partial charge in [0, 0.05) is 15.9 Å². The first-order valence-electron chi connectivity index (χ1n) is 6.80. The fourth-order valence-electron chi connectivity index (χ4n) is 2.10. The first kappa shape index (κ1) is 16.2. The van der Waals surface area contributed by atoms with Gasteiger partial charge >= 0.3 is 0 Å². The lowest BCUT2D eigenvalue weighted by Gasteiger charge is -2.18. The van der Waals surface area contributed by atoms with E-state index >= 15 is 0 Å². The highest BCUT2D eigenvalue weighted by Gasteiger charge is 2.12. The van der Waals surface area contributed by atoms with Crippen LogP contribution in [0.25, 0.3) is 0 Å². The van der Waals surface area contributed by atoms with Gasteiger partial charge in [-0.15, -0.1) is 11.3 Å². The molecule has 0 aliphatic heterocycles. The van der Waals surface area contributed by atoms with Crippen LogP contribution in [0.5, 0.6) is 0 Å². The van der Waals surface area contributed by atoms with E-state index in [1.807, 2.05) is 48.5 Å². The molecule has 1 atom stereocenters. The molecule has 2 aromatic rings. The molecule has 1 heterocycles. The van der Waals surface area contributed by atoms with Crippen LogP contribution in [0, 0.1) is 0 Å². The molecule has 1 aromatic heterocycles. The van der Waals surface area contributed by atoms with Gasteiger partial charge in [-0.1, -0.05) is 34.1 Å². The van der Waals surface area contributed by atoms with Crippen LogP contribution in [0.3, 0.4) is 0 Å². The van der Waals surface area contributed by atoms with Crippen molar-refractivity contribution in [1.29, 1.82) is 0 Å². The topological polar surface area (TPSA) is 32.3 Å². The smallest absolute Gasteiger partial charge is 0.234 e. The molecule has 0 saturated heterocycles. The molecule has 0 radical (unpaired) electrons. The maximum atomic E-state index is 12.0. The predicted octanol–water partition coefficient (Wildman–Crippen LogP) is 3.82. The minimum Gasteiger partial charge on any atom is -0.348 e. The summed E-state index contributed by atoms with van der Waals surface area (Å²) in [6.45, 7) is 3.16. The zero-order valence-corrected chi connectivity index (χ0v) is 14.6. The second-order valence-corrected chi connectivity index (χ2v) is 7.00. The monoisotopic (exact) mass is 366 g/mol. The van der Waals surface area contributed by atoms with Crippen LogP contribution in [0.2, 0.25) is 0 Å². The van der Waals surface area contributed by atoms with Crippen molar-refractivity contribution in [2.45, 2.75) is 19.5 Å². The van der Waals surface area contributed by atoms with Gasteiger partial charge in [-0.25, -0.2) is 0 Å². The van der Waals surface area contributed by atoms with E-state index in [4.69, 9.17) is 0 Å². The summed E-state index contributed by atoms with van der Waals surface area (Å²) in [5.74, 6) is 0.0514. The first-order chi connectivity index (χ1) is 10.0. The molecule has 0 saturated carbocycles. The molecule has 1 amide bonds. The molecule has 0 aliphatic carbocycles. The Morgan fingerprint density at radius 1 is 1.33 bits per heavy atom. The maximum absolute atomic E-state index is 12.0. The summed E-state index contributed by atoms with van der Waals surface area (Å²) < 4.78 is 1.07. The van der Waals surface area contributed by atoms with Crippen LogP contribution in [0.1, 0.15) is 23.4 Å². The number of benzene rings is 1. The molecule has 0 unspecified atom stereocenters. The van der Waals surface area contributed by atoms with Crippen molar-refractivity contribution in [2.75, 3.05) is 13.6 Å². The number of rotatable bonds is 6. The summed E-state index contributed by atoms with van der Waals surface area (Å²) in [5.41, 5.74) is 1.19. The van der Waals surface area contributed by atoms with Crippen molar-refractivity contribution in [1.82, 2.24) is 10.2 Å².